The summed E-state index contributed by atoms with van der Waals surface area (Å²) in [6.45, 7) is 3.70. The molecule has 5 nitrogen and oxygen atoms in total. The highest BCUT2D eigenvalue weighted by Crippen LogP contribution is 2.21. The second-order valence-corrected chi connectivity index (χ2v) is 5.01. The summed E-state index contributed by atoms with van der Waals surface area (Å²) in [5.74, 6) is 0.139. The van der Waals surface area contributed by atoms with Crippen molar-refractivity contribution >= 4 is 17.5 Å². The first-order valence-corrected chi connectivity index (χ1v) is 6.54. The summed E-state index contributed by atoms with van der Waals surface area (Å²) in [7, 11) is 1.86. The van der Waals surface area contributed by atoms with E-state index in [-0.39, 0.29) is 5.91 Å². The van der Waals surface area contributed by atoms with Crippen LogP contribution in [0.2, 0.25) is 5.22 Å². The van der Waals surface area contributed by atoms with E-state index < -0.39 is 0 Å². The van der Waals surface area contributed by atoms with Crippen LogP contribution in [0.4, 0.5) is 0 Å². The highest BCUT2D eigenvalue weighted by atomic mass is 35.5. The molecule has 1 aromatic heterocycles. The van der Waals surface area contributed by atoms with Gasteiger partial charge in [-0.25, -0.2) is 0 Å². The Bertz CT molecular complexity index is 407. The van der Waals surface area contributed by atoms with Gasteiger partial charge in [0.1, 0.15) is 0 Å². The van der Waals surface area contributed by atoms with Gasteiger partial charge in [0.2, 0.25) is 11.1 Å². The molecule has 0 aromatic carbocycles. The topological polar surface area (TPSA) is 58.4 Å². The molecular formula is C12H18ClN3O2. The van der Waals surface area contributed by atoms with Crippen molar-refractivity contribution in [3.63, 3.8) is 0 Å². The van der Waals surface area contributed by atoms with Gasteiger partial charge < -0.3 is 14.7 Å². The SMILES string of the molecule is Cc1noc(Cl)c1CCC(=O)N(C)C1CCNC1. The highest BCUT2D eigenvalue weighted by Gasteiger charge is 2.23. The molecule has 1 unspecified atom stereocenters. The zero-order valence-corrected chi connectivity index (χ0v) is 11.5. The second-order valence-electron chi connectivity index (χ2n) is 4.67. The molecule has 0 aliphatic carbocycles. The maximum atomic E-state index is 12.1. The van der Waals surface area contributed by atoms with Crippen molar-refractivity contribution in [2.75, 3.05) is 20.1 Å². The minimum atomic E-state index is 0.139. The minimum absolute atomic E-state index is 0.139. The van der Waals surface area contributed by atoms with E-state index in [1.807, 2.05) is 18.9 Å². The Morgan fingerprint density at radius 1 is 1.67 bits per heavy atom. The molecule has 0 saturated carbocycles. The molecule has 1 atom stereocenters. The lowest BCUT2D eigenvalue weighted by molar-refractivity contribution is -0.131. The number of halogens is 1. The summed E-state index contributed by atoms with van der Waals surface area (Å²) >= 11 is 5.87. The Morgan fingerprint density at radius 3 is 3.00 bits per heavy atom. The van der Waals surface area contributed by atoms with Crippen LogP contribution in [-0.2, 0) is 11.2 Å². The van der Waals surface area contributed by atoms with E-state index in [1.54, 1.807) is 0 Å². The minimum Gasteiger partial charge on any atom is -0.344 e. The summed E-state index contributed by atoms with van der Waals surface area (Å²) in [5, 5.41) is 7.33. The van der Waals surface area contributed by atoms with Crippen molar-refractivity contribution in [3.05, 3.63) is 16.5 Å². The fourth-order valence-corrected chi connectivity index (χ4v) is 2.49. The molecule has 18 heavy (non-hydrogen) atoms. The normalized spacial score (nSPS) is 19.2. The number of hydrogen-bond donors (Lipinski definition) is 1. The van der Waals surface area contributed by atoms with Crippen LogP contribution in [0.3, 0.4) is 0 Å². The third-order valence-electron chi connectivity index (χ3n) is 3.50. The number of likely N-dealkylation sites (N-methyl/N-ethyl adjacent to an activating group) is 1. The van der Waals surface area contributed by atoms with E-state index in [9.17, 15) is 4.79 Å². The lowest BCUT2D eigenvalue weighted by atomic mass is 10.1. The van der Waals surface area contributed by atoms with E-state index in [4.69, 9.17) is 16.1 Å². The van der Waals surface area contributed by atoms with Crippen molar-refractivity contribution in [3.8, 4) is 0 Å². The van der Waals surface area contributed by atoms with Gasteiger partial charge in [0.05, 0.1) is 5.69 Å². The van der Waals surface area contributed by atoms with Crippen LogP contribution in [0.5, 0.6) is 0 Å². The van der Waals surface area contributed by atoms with Crippen LogP contribution in [0.15, 0.2) is 4.52 Å². The van der Waals surface area contributed by atoms with Crippen LogP contribution in [0, 0.1) is 6.92 Å². The average Bonchev–Trinajstić information content (AvgIpc) is 2.97. The number of carbonyl (C=O) groups is 1. The first kappa shape index (κ1) is 13.4. The number of aryl methyl sites for hydroxylation is 1. The summed E-state index contributed by atoms with van der Waals surface area (Å²) in [6, 6.07) is 0.316. The third kappa shape index (κ3) is 2.84. The van der Waals surface area contributed by atoms with Crippen molar-refractivity contribution in [2.45, 2.75) is 32.2 Å². The van der Waals surface area contributed by atoms with E-state index in [1.165, 1.54) is 0 Å². The molecule has 1 N–H and O–H groups in total. The van der Waals surface area contributed by atoms with Gasteiger partial charge in [-0.15, -0.1) is 0 Å². The molecular weight excluding hydrogens is 254 g/mol. The number of rotatable bonds is 4. The zero-order chi connectivity index (χ0) is 13.1. The number of aromatic nitrogens is 1. The Hall–Kier alpha value is -1.07. The molecule has 100 valence electrons. The van der Waals surface area contributed by atoms with Gasteiger partial charge in [0, 0.05) is 31.6 Å². The molecule has 1 aliphatic heterocycles. The Labute approximate surface area is 111 Å². The lowest BCUT2D eigenvalue weighted by Crippen LogP contribution is -2.38. The first-order chi connectivity index (χ1) is 8.59. The number of nitrogens with one attached hydrogen (secondary N) is 1. The fraction of sp³-hybridized carbons (Fsp3) is 0.667. The lowest BCUT2D eigenvalue weighted by Gasteiger charge is -2.23. The number of amides is 1. The van der Waals surface area contributed by atoms with Crippen molar-refractivity contribution < 1.29 is 9.32 Å². The quantitative estimate of drug-likeness (QED) is 0.899. The Balaban J connectivity index is 1.88. The van der Waals surface area contributed by atoms with Gasteiger partial charge >= 0.3 is 0 Å². The van der Waals surface area contributed by atoms with Crippen LogP contribution >= 0.6 is 11.6 Å². The molecule has 2 heterocycles. The summed E-state index contributed by atoms with van der Waals surface area (Å²) in [5.41, 5.74) is 1.60. The van der Waals surface area contributed by atoms with Gasteiger partial charge in [0.15, 0.2) is 0 Å². The number of nitrogens with zero attached hydrogens (tertiary/aromatic N) is 2. The fourth-order valence-electron chi connectivity index (χ4n) is 2.22. The molecule has 1 fully saturated rings. The summed E-state index contributed by atoms with van der Waals surface area (Å²) in [6.07, 6.45) is 2.04. The Kier molecular flexibility index (Phi) is 4.24. The molecule has 6 heteroatoms. The van der Waals surface area contributed by atoms with Gasteiger partial charge in [0.25, 0.3) is 0 Å². The molecule has 1 aromatic rings. The first-order valence-electron chi connectivity index (χ1n) is 6.16. The van der Waals surface area contributed by atoms with Crippen molar-refractivity contribution in [1.29, 1.82) is 0 Å². The van der Waals surface area contributed by atoms with E-state index in [2.05, 4.69) is 10.5 Å². The van der Waals surface area contributed by atoms with Crippen molar-refractivity contribution in [1.82, 2.24) is 15.4 Å². The molecule has 2 rings (SSSR count). The summed E-state index contributed by atoms with van der Waals surface area (Å²) in [4.78, 5) is 13.9. The maximum Gasteiger partial charge on any atom is 0.229 e. The molecule has 0 bridgehead atoms. The molecule has 0 spiro atoms. The van der Waals surface area contributed by atoms with E-state index >= 15 is 0 Å². The molecule has 0 radical (unpaired) electrons. The summed E-state index contributed by atoms with van der Waals surface area (Å²) < 4.78 is 4.87. The van der Waals surface area contributed by atoms with E-state index in [0.717, 1.165) is 30.8 Å². The van der Waals surface area contributed by atoms with Crippen LogP contribution in [0.1, 0.15) is 24.1 Å². The third-order valence-corrected chi connectivity index (χ3v) is 3.80. The van der Waals surface area contributed by atoms with Gasteiger partial charge in [-0.2, -0.15) is 0 Å². The van der Waals surface area contributed by atoms with Crippen molar-refractivity contribution in [2.24, 2.45) is 0 Å². The Morgan fingerprint density at radius 2 is 2.44 bits per heavy atom. The molecule has 1 aliphatic rings. The van der Waals surface area contributed by atoms with E-state index in [0.29, 0.717) is 24.1 Å². The van der Waals surface area contributed by atoms with Gasteiger partial charge in [-0.1, -0.05) is 5.16 Å². The standard InChI is InChI=1S/C12H18ClN3O2/c1-8-10(12(13)18-15-8)3-4-11(17)16(2)9-5-6-14-7-9/h9,14H,3-7H2,1-2H3. The molecule has 1 saturated heterocycles. The predicted octanol–water partition coefficient (Wildman–Crippen LogP) is 1.39. The van der Waals surface area contributed by atoms with Crippen LogP contribution < -0.4 is 5.32 Å². The average molecular weight is 272 g/mol. The largest absolute Gasteiger partial charge is 0.344 e. The number of hydrogen-bond acceptors (Lipinski definition) is 4. The number of carbonyl (C=O) groups excluding carboxylic acids is 1. The van der Waals surface area contributed by atoms with Gasteiger partial charge in [-0.05, 0) is 37.9 Å². The maximum absolute atomic E-state index is 12.1. The van der Waals surface area contributed by atoms with Crippen LogP contribution in [-0.4, -0.2) is 42.1 Å². The smallest absolute Gasteiger partial charge is 0.229 e. The zero-order valence-electron chi connectivity index (χ0n) is 10.7. The van der Waals surface area contributed by atoms with Crippen LogP contribution in [0.25, 0.3) is 0 Å². The highest BCUT2D eigenvalue weighted by molar-refractivity contribution is 6.29. The second kappa shape index (κ2) is 5.71. The monoisotopic (exact) mass is 271 g/mol. The predicted molar refractivity (Wildman–Crippen MR) is 68.6 cm³/mol. The van der Waals surface area contributed by atoms with Gasteiger partial charge in [-0.3, -0.25) is 4.79 Å². The molecule has 1 amide bonds.